The summed E-state index contributed by atoms with van der Waals surface area (Å²) in [5.74, 6) is 0.933. The zero-order valence-electron chi connectivity index (χ0n) is 13.2. The van der Waals surface area contributed by atoms with Gasteiger partial charge in [-0.05, 0) is 44.8 Å². The van der Waals surface area contributed by atoms with Crippen LogP contribution in [-0.2, 0) is 0 Å². The maximum Gasteiger partial charge on any atom is 0.0228 e. The Labute approximate surface area is 124 Å². The molecule has 2 aliphatic rings. The van der Waals surface area contributed by atoms with Crippen LogP contribution in [0.15, 0.2) is 0 Å². The van der Waals surface area contributed by atoms with E-state index in [2.05, 4.69) is 32.9 Å². The fourth-order valence-corrected chi connectivity index (χ4v) is 3.00. The standard InChI is InChI=1S/C15H33N5/c1-15-3-10-20(11-4-15)14-8-18-17-5-2-9-19-12-6-16-7-13-19/h15-18H,2-14H2,1H3. The Morgan fingerprint density at radius 1 is 0.900 bits per heavy atom. The highest BCUT2D eigenvalue weighted by Crippen LogP contribution is 2.14. The van der Waals surface area contributed by atoms with Crippen LogP contribution in [0.1, 0.15) is 26.2 Å². The number of hydrogen-bond acceptors (Lipinski definition) is 5. The predicted molar refractivity (Wildman–Crippen MR) is 84.8 cm³/mol. The van der Waals surface area contributed by atoms with Crippen LogP contribution in [0, 0.1) is 5.92 Å². The van der Waals surface area contributed by atoms with E-state index in [1.165, 1.54) is 58.5 Å². The number of nitrogens with one attached hydrogen (secondary N) is 3. The first kappa shape index (κ1) is 16.2. The van der Waals surface area contributed by atoms with Crippen LogP contribution in [0.5, 0.6) is 0 Å². The summed E-state index contributed by atoms with van der Waals surface area (Å²) in [4.78, 5) is 5.13. The fraction of sp³-hybridized carbons (Fsp3) is 1.00. The van der Waals surface area contributed by atoms with Gasteiger partial charge in [-0.1, -0.05) is 6.92 Å². The van der Waals surface area contributed by atoms with Gasteiger partial charge in [0.05, 0.1) is 0 Å². The highest BCUT2D eigenvalue weighted by molar-refractivity contribution is 4.70. The molecule has 2 rings (SSSR count). The number of hydrogen-bond donors (Lipinski definition) is 3. The first-order chi connectivity index (χ1) is 9.84. The lowest BCUT2D eigenvalue weighted by atomic mass is 9.99. The molecule has 0 spiro atoms. The number of hydrazine groups is 1. The van der Waals surface area contributed by atoms with E-state index < -0.39 is 0 Å². The monoisotopic (exact) mass is 283 g/mol. The molecule has 20 heavy (non-hydrogen) atoms. The molecule has 5 heteroatoms. The van der Waals surface area contributed by atoms with Gasteiger partial charge in [-0.3, -0.25) is 10.9 Å². The van der Waals surface area contributed by atoms with Gasteiger partial charge in [0.1, 0.15) is 0 Å². The molecular formula is C15H33N5. The van der Waals surface area contributed by atoms with Crippen molar-refractivity contribution in [3.05, 3.63) is 0 Å². The Balaban J connectivity index is 1.36. The third kappa shape index (κ3) is 6.50. The Hall–Kier alpha value is -0.200. The Morgan fingerprint density at radius 3 is 2.30 bits per heavy atom. The molecule has 0 aliphatic carbocycles. The number of rotatable bonds is 8. The van der Waals surface area contributed by atoms with Gasteiger partial charge in [0.25, 0.3) is 0 Å². The van der Waals surface area contributed by atoms with Crippen molar-refractivity contribution in [3.8, 4) is 0 Å². The van der Waals surface area contributed by atoms with E-state index in [1.807, 2.05) is 0 Å². The summed E-state index contributed by atoms with van der Waals surface area (Å²) in [6.07, 6.45) is 3.98. The van der Waals surface area contributed by atoms with Crippen molar-refractivity contribution in [2.75, 3.05) is 65.4 Å². The molecule has 2 fully saturated rings. The topological polar surface area (TPSA) is 42.6 Å². The van der Waals surface area contributed by atoms with E-state index in [-0.39, 0.29) is 0 Å². The third-order valence-corrected chi connectivity index (χ3v) is 4.54. The molecule has 0 atom stereocenters. The SMILES string of the molecule is CC1CCN(CCNNCCCN2CCNCC2)CC1. The molecule has 2 saturated heterocycles. The van der Waals surface area contributed by atoms with Crippen LogP contribution in [0.25, 0.3) is 0 Å². The summed E-state index contributed by atoms with van der Waals surface area (Å²) >= 11 is 0. The normalized spacial score (nSPS) is 23.2. The van der Waals surface area contributed by atoms with Gasteiger partial charge in [0, 0.05) is 45.8 Å². The van der Waals surface area contributed by atoms with Gasteiger partial charge in [0.2, 0.25) is 0 Å². The molecule has 0 aromatic rings. The minimum Gasteiger partial charge on any atom is -0.314 e. The van der Waals surface area contributed by atoms with Crippen molar-refractivity contribution in [2.24, 2.45) is 5.92 Å². The zero-order valence-corrected chi connectivity index (χ0v) is 13.2. The summed E-state index contributed by atoms with van der Waals surface area (Å²) in [6.45, 7) is 14.2. The van der Waals surface area contributed by atoms with Crippen LogP contribution in [-0.4, -0.2) is 75.2 Å². The second-order valence-electron chi connectivity index (χ2n) is 6.32. The minimum absolute atomic E-state index is 0.933. The molecule has 0 saturated carbocycles. The van der Waals surface area contributed by atoms with Gasteiger partial charge >= 0.3 is 0 Å². The van der Waals surface area contributed by atoms with Crippen molar-refractivity contribution < 1.29 is 0 Å². The van der Waals surface area contributed by atoms with Gasteiger partial charge < -0.3 is 15.1 Å². The summed E-state index contributed by atoms with van der Waals surface area (Å²) in [5, 5.41) is 3.39. The van der Waals surface area contributed by atoms with Crippen molar-refractivity contribution in [1.29, 1.82) is 0 Å². The highest BCUT2D eigenvalue weighted by Gasteiger charge is 2.14. The summed E-state index contributed by atoms with van der Waals surface area (Å²) < 4.78 is 0. The van der Waals surface area contributed by atoms with Crippen molar-refractivity contribution in [2.45, 2.75) is 26.2 Å². The number of likely N-dealkylation sites (tertiary alicyclic amines) is 1. The number of piperazine rings is 1. The maximum atomic E-state index is 3.39. The van der Waals surface area contributed by atoms with Gasteiger partial charge in [-0.25, -0.2) is 0 Å². The summed E-state index contributed by atoms with van der Waals surface area (Å²) in [5.41, 5.74) is 6.71. The first-order valence-corrected chi connectivity index (χ1v) is 8.46. The zero-order chi connectivity index (χ0) is 14.0. The predicted octanol–water partition coefficient (Wildman–Crippen LogP) is 0.108. The molecule has 5 nitrogen and oxygen atoms in total. The molecule has 0 aromatic carbocycles. The van der Waals surface area contributed by atoms with E-state index in [9.17, 15) is 0 Å². The first-order valence-electron chi connectivity index (χ1n) is 8.46. The smallest absolute Gasteiger partial charge is 0.0228 e. The van der Waals surface area contributed by atoms with Gasteiger partial charge in [0.15, 0.2) is 0 Å². The molecule has 0 aromatic heterocycles. The molecule has 118 valence electrons. The van der Waals surface area contributed by atoms with Gasteiger partial charge in [-0.15, -0.1) is 0 Å². The maximum absolute atomic E-state index is 3.39. The molecule has 2 aliphatic heterocycles. The van der Waals surface area contributed by atoms with E-state index >= 15 is 0 Å². The largest absolute Gasteiger partial charge is 0.314 e. The second kappa shape index (κ2) is 9.68. The van der Waals surface area contributed by atoms with E-state index in [4.69, 9.17) is 0 Å². The lowest BCUT2D eigenvalue weighted by molar-refractivity contribution is 0.190. The summed E-state index contributed by atoms with van der Waals surface area (Å²) in [7, 11) is 0. The lowest BCUT2D eigenvalue weighted by Gasteiger charge is -2.30. The van der Waals surface area contributed by atoms with Gasteiger partial charge in [-0.2, -0.15) is 0 Å². The number of nitrogens with zero attached hydrogens (tertiary/aromatic N) is 2. The van der Waals surface area contributed by atoms with Crippen molar-refractivity contribution in [3.63, 3.8) is 0 Å². The molecule has 2 heterocycles. The Kier molecular flexibility index (Phi) is 7.83. The number of piperidine rings is 1. The molecule has 0 amide bonds. The summed E-state index contributed by atoms with van der Waals surface area (Å²) in [6, 6.07) is 0. The average molecular weight is 283 g/mol. The third-order valence-electron chi connectivity index (χ3n) is 4.54. The lowest BCUT2D eigenvalue weighted by Crippen LogP contribution is -2.45. The second-order valence-corrected chi connectivity index (χ2v) is 6.32. The van der Waals surface area contributed by atoms with Crippen LogP contribution < -0.4 is 16.2 Å². The molecule has 0 radical (unpaired) electrons. The molecule has 0 unspecified atom stereocenters. The van der Waals surface area contributed by atoms with Crippen LogP contribution in [0.4, 0.5) is 0 Å². The fourth-order valence-electron chi connectivity index (χ4n) is 3.00. The Morgan fingerprint density at radius 2 is 1.55 bits per heavy atom. The van der Waals surface area contributed by atoms with E-state index in [0.29, 0.717) is 0 Å². The molecule has 3 N–H and O–H groups in total. The Bertz CT molecular complexity index is 234. The highest BCUT2D eigenvalue weighted by atomic mass is 15.4. The molecular weight excluding hydrogens is 250 g/mol. The average Bonchev–Trinajstić information content (AvgIpc) is 2.49. The van der Waals surface area contributed by atoms with E-state index in [1.54, 1.807) is 0 Å². The van der Waals surface area contributed by atoms with Crippen molar-refractivity contribution >= 4 is 0 Å². The van der Waals surface area contributed by atoms with E-state index in [0.717, 1.165) is 32.1 Å². The van der Waals surface area contributed by atoms with Crippen molar-refractivity contribution in [1.82, 2.24) is 26.0 Å². The van der Waals surface area contributed by atoms with Crippen LogP contribution in [0.3, 0.4) is 0 Å². The van der Waals surface area contributed by atoms with Crippen LogP contribution >= 0.6 is 0 Å². The van der Waals surface area contributed by atoms with Crippen LogP contribution in [0.2, 0.25) is 0 Å². The molecule has 0 bridgehead atoms. The minimum atomic E-state index is 0.933. The quantitative estimate of drug-likeness (QED) is 0.436.